The first-order valence-corrected chi connectivity index (χ1v) is 10.0. The van der Waals surface area contributed by atoms with E-state index in [9.17, 15) is 4.79 Å². The standard InChI is InChI=1S/C22H25N3O4/c23-18-10-16-17(11-19(18)24)22(28-8-9-29-22)12-15-6-7-25(20(15)16)21(26)27-13-14-4-2-1-3-5-14/h1-5,10-11,15,20H,6-9,12-13,23-24H2/t15-,20-/m0/s1. The van der Waals surface area contributed by atoms with Gasteiger partial charge in [-0.3, -0.25) is 0 Å². The van der Waals surface area contributed by atoms with Crippen LogP contribution in [0.1, 0.15) is 35.6 Å². The highest BCUT2D eigenvalue weighted by Crippen LogP contribution is 2.54. The molecule has 0 bridgehead atoms. The van der Waals surface area contributed by atoms with Crippen molar-refractivity contribution >= 4 is 17.5 Å². The lowest BCUT2D eigenvalue weighted by atomic mass is 9.76. The molecule has 7 heteroatoms. The first kappa shape index (κ1) is 18.3. The third kappa shape index (κ3) is 3.01. The highest BCUT2D eigenvalue weighted by Gasteiger charge is 2.53. The lowest BCUT2D eigenvalue weighted by Gasteiger charge is -2.42. The Balaban J connectivity index is 1.45. The number of hydrogen-bond acceptors (Lipinski definition) is 6. The number of fused-ring (bicyclic) bond motifs is 4. The molecule has 5 rings (SSSR count). The van der Waals surface area contributed by atoms with Gasteiger partial charge in [-0.1, -0.05) is 30.3 Å². The number of nitrogens with two attached hydrogens (primary N) is 2. The number of likely N-dealkylation sites (tertiary alicyclic amines) is 1. The van der Waals surface area contributed by atoms with Gasteiger partial charge >= 0.3 is 6.09 Å². The second-order valence-electron chi connectivity index (χ2n) is 7.95. The number of nitrogen functional groups attached to an aromatic ring is 2. The molecule has 0 radical (unpaired) electrons. The second-order valence-corrected chi connectivity index (χ2v) is 7.95. The number of ether oxygens (including phenoxy) is 3. The Hall–Kier alpha value is -2.77. The highest BCUT2D eigenvalue weighted by atomic mass is 16.7. The summed E-state index contributed by atoms with van der Waals surface area (Å²) in [5.41, 5.74) is 16.0. The van der Waals surface area contributed by atoms with E-state index in [1.807, 2.05) is 47.4 Å². The number of rotatable bonds is 2. The minimum absolute atomic E-state index is 0.116. The molecule has 4 N–H and O–H groups in total. The van der Waals surface area contributed by atoms with Gasteiger partial charge in [0.25, 0.3) is 0 Å². The third-order valence-electron chi connectivity index (χ3n) is 6.23. The fourth-order valence-corrected chi connectivity index (χ4v) is 4.91. The first-order valence-electron chi connectivity index (χ1n) is 10.0. The lowest BCUT2D eigenvalue weighted by molar-refractivity contribution is -0.187. The Morgan fingerprint density at radius 2 is 1.86 bits per heavy atom. The highest BCUT2D eigenvalue weighted by molar-refractivity contribution is 5.71. The Kier molecular flexibility index (Phi) is 4.37. The van der Waals surface area contributed by atoms with Gasteiger partial charge in [0.15, 0.2) is 5.79 Å². The van der Waals surface area contributed by atoms with Crippen molar-refractivity contribution in [3.63, 3.8) is 0 Å². The molecule has 2 saturated heterocycles. The molecule has 2 heterocycles. The SMILES string of the molecule is Nc1cc2c(cc1N)C1(C[C@@H]3CCN(C(=O)OCc4ccccc4)[C@H]23)OCCO1. The van der Waals surface area contributed by atoms with Gasteiger partial charge in [-0.15, -0.1) is 0 Å². The van der Waals surface area contributed by atoms with Crippen LogP contribution in [0.25, 0.3) is 0 Å². The van der Waals surface area contributed by atoms with Crippen molar-refractivity contribution in [2.24, 2.45) is 5.92 Å². The summed E-state index contributed by atoms with van der Waals surface area (Å²) in [6, 6.07) is 13.3. The van der Waals surface area contributed by atoms with Gasteiger partial charge in [0.2, 0.25) is 0 Å². The van der Waals surface area contributed by atoms with E-state index in [0.717, 1.165) is 23.1 Å². The molecule has 2 fully saturated rings. The van der Waals surface area contributed by atoms with Crippen molar-refractivity contribution in [1.82, 2.24) is 4.90 Å². The van der Waals surface area contributed by atoms with Crippen molar-refractivity contribution in [3.8, 4) is 0 Å². The van der Waals surface area contributed by atoms with Crippen molar-refractivity contribution < 1.29 is 19.0 Å². The molecule has 3 aliphatic rings. The second kappa shape index (κ2) is 6.93. The quantitative estimate of drug-likeness (QED) is 0.758. The molecule has 2 aromatic carbocycles. The van der Waals surface area contributed by atoms with E-state index in [1.54, 1.807) is 0 Å². The van der Waals surface area contributed by atoms with Gasteiger partial charge in [-0.2, -0.15) is 0 Å². The number of benzene rings is 2. The minimum Gasteiger partial charge on any atom is -0.445 e. The zero-order chi connectivity index (χ0) is 20.0. The van der Waals surface area contributed by atoms with Gasteiger partial charge < -0.3 is 30.6 Å². The molecule has 2 aliphatic heterocycles. The van der Waals surface area contributed by atoms with Crippen LogP contribution in [0.5, 0.6) is 0 Å². The molecule has 1 amide bonds. The van der Waals surface area contributed by atoms with Gasteiger partial charge in [0, 0.05) is 18.5 Å². The van der Waals surface area contributed by atoms with Crippen molar-refractivity contribution in [2.75, 3.05) is 31.2 Å². The zero-order valence-electron chi connectivity index (χ0n) is 16.2. The van der Waals surface area contributed by atoms with E-state index in [1.165, 1.54) is 0 Å². The zero-order valence-corrected chi connectivity index (χ0v) is 16.2. The Bertz CT molecular complexity index is 927. The third-order valence-corrected chi connectivity index (χ3v) is 6.23. The van der Waals surface area contributed by atoms with E-state index < -0.39 is 5.79 Å². The van der Waals surface area contributed by atoms with Crippen LogP contribution in [0.2, 0.25) is 0 Å². The van der Waals surface area contributed by atoms with Crippen LogP contribution in [0, 0.1) is 5.92 Å². The van der Waals surface area contributed by atoms with E-state index in [4.69, 9.17) is 25.7 Å². The van der Waals surface area contributed by atoms with Crippen molar-refractivity contribution in [1.29, 1.82) is 0 Å². The Morgan fingerprint density at radius 1 is 1.14 bits per heavy atom. The number of carbonyl (C=O) groups excluding carboxylic acids is 1. The Morgan fingerprint density at radius 3 is 2.62 bits per heavy atom. The lowest BCUT2D eigenvalue weighted by Crippen LogP contribution is -2.41. The van der Waals surface area contributed by atoms with Gasteiger partial charge in [0.05, 0.1) is 30.6 Å². The number of amides is 1. The Labute approximate surface area is 169 Å². The van der Waals surface area contributed by atoms with Gasteiger partial charge in [-0.05, 0) is 35.6 Å². The topological polar surface area (TPSA) is 100 Å². The van der Waals surface area contributed by atoms with Crippen LogP contribution in [0.15, 0.2) is 42.5 Å². The fraction of sp³-hybridized carbons (Fsp3) is 0.409. The monoisotopic (exact) mass is 395 g/mol. The maximum absolute atomic E-state index is 12.9. The molecule has 2 aromatic rings. The summed E-state index contributed by atoms with van der Waals surface area (Å²) in [4.78, 5) is 14.7. The number of carbonyl (C=O) groups is 1. The molecule has 0 saturated carbocycles. The first-order chi connectivity index (χ1) is 14.1. The fourth-order valence-electron chi connectivity index (χ4n) is 4.91. The molecule has 29 heavy (non-hydrogen) atoms. The largest absolute Gasteiger partial charge is 0.445 e. The smallest absolute Gasteiger partial charge is 0.410 e. The summed E-state index contributed by atoms with van der Waals surface area (Å²) in [5, 5.41) is 0. The maximum atomic E-state index is 12.9. The molecule has 0 aromatic heterocycles. The van der Waals surface area contributed by atoms with E-state index >= 15 is 0 Å². The maximum Gasteiger partial charge on any atom is 0.410 e. The van der Waals surface area contributed by atoms with Crippen LogP contribution in [-0.2, 0) is 26.6 Å². The molecular formula is C22H25N3O4. The summed E-state index contributed by atoms with van der Waals surface area (Å²) in [6.45, 7) is 1.97. The normalized spacial score (nSPS) is 24.3. The number of anilines is 2. The number of hydrogen-bond donors (Lipinski definition) is 2. The van der Waals surface area contributed by atoms with Crippen molar-refractivity contribution in [2.45, 2.75) is 31.3 Å². The van der Waals surface area contributed by atoms with Crippen LogP contribution >= 0.6 is 0 Å². The molecule has 2 atom stereocenters. The summed E-state index contributed by atoms with van der Waals surface area (Å²) in [5.74, 6) is -0.574. The van der Waals surface area contributed by atoms with Crippen LogP contribution in [0.4, 0.5) is 16.2 Å². The van der Waals surface area contributed by atoms with E-state index in [2.05, 4.69) is 0 Å². The average Bonchev–Trinajstić information content (AvgIpc) is 3.37. The van der Waals surface area contributed by atoms with Gasteiger partial charge in [-0.25, -0.2) is 4.79 Å². The van der Waals surface area contributed by atoms with Crippen molar-refractivity contribution in [3.05, 3.63) is 59.2 Å². The van der Waals surface area contributed by atoms with Crippen LogP contribution < -0.4 is 11.5 Å². The number of nitrogens with zero attached hydrogens (tertiary/aromatic N) is 1. The summed E-state index contributed by atoms with van der Waals surface area (Å²) in [6.07, 6.45) is 1.24. The predicted octanol–water partition coefficient (Wildman–Crippen LogP) is 3.15. The van der Waals surface area contributed by atoms with Crippen LogP contribution in [-0.4, -0.2) is 30.8 Å². The van der Waals surface area contributed by atoms with Crippen LogP contribution in [0.3, 0.4) is 0 Å². The van der Waals surface area contributed by atoms with E-state index in [-0.39, 0.29) is 24.7 Å². The molecular weight excluding hydrogens is 370 g/mol. The minimum atomic E-state index is -0.789. The summed E-state index contributed by atoms with van der Waals surface area (Å²) < 4.78 is 17.7. The summed E-state index contributed by atoms with van der Waals surface area (Å²) >= 11 is 0. The predicted molar refractivity (Wildman–Crippen MR) is 108 cm³/mol. The molecule has 7 nitrogen and oxygen atoms in total. The molecule has 0 unspecified atom stereocenters. The van der Waals surface area contributed by atoms with E-state index in [0.29, 0.717) is 37.6 Å². The molecule has 152 valence electrons. The van der Waals surface area contributed by atoms with Gasteiger partial charge in [0.1, 0.15) is 6.61 Å². The summed E-state index contributed by atoms with van der Waals surface area (Å²) in [7, 11) is 0. The molecule has 1 aliphatic carbocycles. The molecule has 1 spiro atoms. The average molecular weight is 395 g/mol.